The molecule has 1 N–H and O–H groups in total. The normalized spacial score (nSPS) is 18.4. The molecule has 0 spiro atoms. The third-order valence-corrected chi connectivity index (χ3v) is 8.14. The number of pyridine rings is 1. The number of benzene rings is 1. The van der Waals surface area contributed by atoms with Gasteiger partial charge in [-0.1, -0.05) is 18.2 Å². The molecule has 0 bridgehead atoms. The van der Waals surface area contributed by atoms with E-state index in [0.29, 0.717) is 23.1 Å². The standard InChI is InChI=1S/C29H37F3N6O2/c1-16(2)38-11-9-18(10-12-38)22-13-23-25(34-28(22)40-19-14-36(4)15-19)29(39)37(5)35-27(23)33-17(3)20-7-6-8-21(24(20)30)26(31)32/h6-8,13,16-19,26H,9-12,14-15H2,1-5H3,(H,33,35)/t17-/m1/s1. The second-order valence-electron chi connectivity index (χ2n) is 11.3. The second-order valence-corrected chi connectivity index (χ2v) is 11.3. The zero-order valence-electron chi connectivity index (χ0n) is 23.6. The summed E-state index contributed by atoms with van der Waals surface area (Å²) in [4.78, 5) is 22.6. The topological polar surface area (TPSA) is 75.5 Å². The molecule has 2 aromatic heterocycles. The molecule has 0 radical (unpaired) electrons. The van der Waals surface area contributed by atoms with E-state index < -0.39 is 23.8 Å². The van der Waals surface area contributed by atoms with Crippen molar-refractivity contribution in [2.24, 2.45) is 7.05 Å². The van der Waals surface area contributed by atoms with E-state index in [-0.39, 0.29) is 28.7 Å². The summed E-state index contributed by atoms with van der Waals surface area (Å²) in [6, 6.07) is 5.66. The van der Waals surface area contributed by atoms with E-state index in [9.17, 15) is 18.0 Å². The van der Waals surface area contributed by atoms with Gasteiger partial charge in [0, 0.05) is 37.3 Å². The van der Waals surface area contributed by atoms with Crippen LogP contribution in [0, 0.1) is 5.82 Å². The minimum atomic E-state index is -2.92. The third kappa shape index (κ3) is 5.54. The molecule has 2 saturated heterocycles. The van der Waals surface area contributed by atoms with E-state index >= 15 is 0 Å². The number of ether oxygens (including phenoxy) is 1. The maximum absolute atomic E-state index is 14.9. The van der Waals surface area contributed by atoms with Gasteiger partial charge in [-0.05, 0) is 65.7 Å². The molecule has 3 aromatic rings. The van der Waals surface area contributed by atoms with E-state index in [1.165, 1.54) is 23.9 Å². The molecule has 40 heavy (non-hydrogen) atoms. The highest BCUT2D eigenvalue weighted by atomic mass is 19.3. The monoisotopic (exact) mass is 558 g/mol. The van der Waals surface area contributed by atoms with Crippen LogP contribution in [0.2, 0.25) is 0 Å². The number of hydrogen-bond acceptors (Lipinski definition) is 7. The predicted molar refractivity (Wildman–Crippen MR) is 149 cm³/mol. The van der Waals surface area contributed by atoms with Gasteiger partial charge in [-0.15, -0.1) is 0 Å². The lowest BCUT2D eigenvalue weighted by Crippen LogP contribution is -2.51. The van der Waals surface area contributed by atoms with E-state index in [4.69, 9.17) is 9.72 Å². The lowest BCUT2D eigenvalue weighted by Gasteiger charge is -2.38. The van der Waals surface area contributed by atoms with Gasteiger partial charge in [-0.25, -0.2) is 22.8 Å². The number of likely N-dealkylation sites (N-methyl/N-ethyl adjacent to an activating group) is 1. The zero-order chi connectivity index (χ0) is 28.7. The molecule has 2 aliphatic heterocycles. The molecule has 5 rings (SSSR count). The largest absolute Gasteiger partial charge is 0.471 e. The smallest absolute Gasteiger partial charge is 0.293 e. The van der Waals surface area contributed by atoms with Crippen LogP contribution in [0.5, 0.6) is 5.88 Å². The van der Waals surface area contributed by atoms with Crippen molar-refractivity contribution in [3.8, 4) is 5.88 Å². The molecule has 0 saturated carbocycles. The summed E-state index contributed by atoms with van der Waals surface area (Å²) in [7, 11) is 3.55. The van der Waals surface area contributed by atoms with Gasteiger partial charge in [0.05, 0.1) is 17.0 Å². The van der Waals surface area contributed by atoms with Crippen LogP contribution in [0.3, 0.4) is 0 Å². The van der Waals surface area contributed by atoms with Crippen molar-refractivity contribution >= 4 is 16.7 Å². The Kier molecular flexibility index (Phi) is 8.05. The number of hydrogen-bond donors (Lipinski definition) is 1. The predicted octanol–water partition coefficient (Wildman–Crippen LogP) is 4.86. The Bertz CT molecular complexity index is 1430. The Morgan fingerprint density at radius 2 is 1.75 bits per heavy atom. The Balaban J connectivity index is 1.56. The number of halogens is 3. The molecule has 1 atom stereocenters. The van der Waals surface area contributed by atoms with Gasteiger partial charge in [-0.2, -0.15) is 5.10 Å². The van der Waals surface area contributed by atoms with E-state index in [2.05, 4.69) is 34.1 Å². The van der Waals surface area contributed by atoms with Crippen LogP contribution in [-0.2, 0) is 7.05 Å². The van der Waals surface area contributed by atoms with Crippen molar-refractivity contribution in [1.82, 2.24) is 24.6 Å². The average molecular weight is 559 g/mol. The van der Waals surface area contributed by atoms with Crippen molar-refractivity contribution in [1.29, 1.82) is 0 Å². The SMILES string of the molecule is CC(C)N1CCC(c2cc3c(N[C@H](C)c4cccc(C(F)F)c4F)nn(C)c(=O)c3nc2OC2CN(C)C2)CC1. The maximum Gasteiger partial charge on any atom is 0.293 e. The number of aromatic nitrogens is 3. The van der Waals surface area contributed by atoms with Crippen LogP contribution >= 0.6 is 0 Å². The molecular weight excluding hydrogens is 521 g/mol. The molecule has 2 fully saturated rings. The molecule has 0 unspecified atom stereocenters. The number of fused-ring (bicyclic) bond motifs is 1. The number of piperidine rings is 1. The molecule has 8 nitrogen and oxygen atoms in total. The molecule has 4 heterocycles. The van der Waals surface area contributed by atoms with Gasteiger partial charge >= 0.3 is 0 Å². The first-order valence-corrected chi connectivity index (χ1v) is 13.9. The van der Waals surface area contributed by atoms with Gasteiger partial charge in [0.2, 0.25) is 5.88 Å². The van der Waals surface area contributed by atoms with Crippen LogP contribution in [-0.4, -0.2) is 69.9 Å². The molecule has 11 heteroatoms. The summed E-state index contributed by atoms with van der Waals surface area (Å²) in [6.45, 7) is 9.53. The van der Waals surface area contributed by atoms with Crippen LogP contribution in [0.1, 0.15) is 68.7 Å². The quantitative estimate of drug-likeness (QED) is 0.423. The molecular formula is C29H37F3N6O2. The van der Waals surface area contributed by atoms with Crippen LogP contribution in [0.4, 0.5) is 19.0 Å². The van der Waals surface area contributed by atoms with Gasteiger partial charge in [-0.3, -0.25) is 9.69 Å². The van der Waals surface area contributed by atoms with E-state index in [0.717, 1.165) is 50.7 Å². The van der Waals surface area contributed by atoms with E-state index in [1.54, 1.807) is 6.92 Å². The third-order valence-electron chi connectivity index (χ3n) is 8.14. The van der Waals surface area contributed by atoms with Crippen molar-refractivity contribution in [2.45, 2.75) is 64.1 Å². The van der Waals surface area contributed by atoms with Gasteiger partial charge in [0.1, 0.15) is 17.4 Å². The highest BCUT2D eigenvalue weighted by Gasteiger charge is 2.31. The Morgan fingerprint density at radius 3 is 2.38 bits per heavy atom. The highest BCUT2D eigenvalue weighted by Crippen LogP contribution is 2.38. The summed E-state index contributed by atoms with van der Waals surface area (Å²) >= 11 is 0. The number of aryl methyl sites for hydroxylation is 1. The number of nitrogens with zero attached hydrogens (tertiary/aromatic N) is 5. The summed E-state index contributed by atoms with van der Waals surface area (Å²) in [5.74, 6) is 0.0408. The minimum Gasteiger partial charge on any atom is -0.471 e. The van der Waals surface area contributed by atoms with Crippen LogP contribution in [0.25, 0.3) is 10.9 Å². The van der Waals surface area contributed by atoms with Crippen LogP contribution < -0.4 is 15.6 Å². The minimum absolute atomic E-state index is 0.00199. The summed E-state index contributed by atoms with van der Waals surface area (Å²) in [5.41, 5.74) is 0.187. The lowest BCUT2D eigenvalue weighted by molar-refractivity contribution is 0.0344. The lowest BCUT2D eigenvalue weighted by atomic mass is 9.88. The van der Waals surface area contributed by atoms with Crippen LogP contribution in [0.15, 0.2) is 29.1 Å². The fraction of sp³-hybridized carbons (Fsp3) is 0.552. The van der Waals surface area contributed by atoms with Gasteiger partial charge in [0.15, 0.2) is 5.82 Å². The average Bonchev–Trinajstić information content (AvgIpc) is 2.90. The fourth-order valence-corrected chi connectivity index (χ4v) is 5.71. The number of nitrogens with one attached hydrogen (secondary N) is 1. The first kappa shape index (κ1) is 28.4. The summed E-state index contributed by atoms with van der Waals surface area (Å²) in [6.07, 6.45) is -1.07. The second kappa shape index (κ2) is 11.4. The van der Waals surface area contributed by atoms with Crippen molar-refractivity contribution in [2.75, 3.05) is 38.5 Å². The molecule has 0 aliphatic carbocycles. The summed E-state index contributed by atoms with van der Waals surface area (Å²) in [5, 5.41) is 8.09. The van der Waals surface area contributed by atoms with Crippen molar-refractivity contribution in [3.05, 3.63) is 57.1 Å². The van der Waals surface area contributed by atoms with E-state index in [1.807, 2.05) is 13.1 Å². The molecule has 2 aliphatic rings. The first-order chi connectivity index (χ1) is 19.0. The van der Waals surface area contributed by atoms with Gasteiger partial charge < -0.3 is 15.0 Å². The Labute approximate surface area is 232 Å². The zero-order valence-corrected chi connectivity index (χ0v) is 23.6. The molecule has 0 amide bonds. The summed E-state index contributed by atoms with van der Waals surface area (Å²) < 4.78 is 49.1. The molecule has 216 valence electrons. The van der Waals surface area contributed by atoms with Gasteiger partial charge in [0.25, 0.3) is 12.0 Å². The Hall–Kier alpha value is -3.18. The molecule has 1 aromatic carbocycles. The number of likely N-dealkylation sites (tertiary alicyclic amines) is 2. The maximum atomic E-state index is 14.9. The van der Waals surface area contributed by atoms with Crippen molar-refractivity contribution in [3.63, 3.8) is 0 Å². The highest BCUT2D eigenvalue weighted by molar-refractivity contribution is 5.89. The number of alkyl halides is 2. The fourth-order valence-electron chi connectivity index (χ4n) is 5.71. The van der Waals surface area contributed by atoms with Crippen molar-refractivity contribution < 1.29 is 17.9 Å². The Morgan fingerprint density at radius 1 is 1.07 bits per heavy atom. The number of rotatable bonds is 8. The first-order valence-electron chi connectivity index (χ1n) is 13.9. The number of anilines is 1.